The number of carbonyl (C=O) groups is 1. The van der Waals surface area contributed by atoms with Crippen LogP contribution in [0.4, 0.5) is 17.6 Å². The molecule has 1 N–H and O–H groups in total. The molecule has 3 aromatic heterocycles. The molecule has 1 aliphatic heterocycles. The van der Waals surface area contributed by atoms with Crippen LogP contribution in [0.3, 0.4) is 0 Å². The summed E-state index contributed by atoms with van der Waals surface area (Å²) in [4.78, 5) is 31.4. The average molecular weight is 533 g/mol. The molecule has 1 atom stereocenters. The number of halogens is 4. The molecule has 14 heteroatoms. The zero-order valence-electron chi connectivity index (χ0n) is 19.9. The summed E-state index contributed by atoms with van der Waals surface area (Å²) in [5.41, 5.74) is -0.971. The van der Waals surface area contributed by atoms with Gasteiger partial charge in [0.25, 0.3) is 12.0 Å². The average Bonchev–Trinajstić information content (AvgIpc) is 3.51. The van der Waals surface area contributed by atoms with Crippen molar-refractivity contribution in [3.05, 3.63) is 71.2 Å². The first-order valence-electron chi connectivity index (χ1n) is 11.8. The fourth-order valence-corrected chi connectivity index (χ4v) is 4.58. The van der Waals surface area contributed by atoms with Crippen LogP contribution in [0.5, 0.6) is 0 Å². The number of carbonyl (C=O) groups excluding carboxylic acids is 1. The third-order valence-corrected chi connectivity index (χ3v) is 6.72. The van der Waals surface area contributed by atoms with Crippen molar-refractivity contribution in [2.24, 2.45) is 0 Å². The van der Waals surface area contributed by atoms with E-state index in [0.29, 0.717) is 5.69 Å². The first-order valence-corrected chi connectivity index (χ1v) is 11.8. The third-order valence-electron chi connectivity index (χ3n) is 6.72. The highest BCUT2D eigenvalue weighted by Gasteiger charge is 2.36. The minimum absolute atomic E-state index is 0.0890. The van der Waals surface area contributed by atoms with E-state index in [4.69, 9.17) is 0 Å². The van der Waals surface area contributed by atoms with Crippen molar-refractivity contribution in [2.75, 3.05) is 13.1 Å². The fraction of sp³-hybridized carbons (Fsp3) is 0.375. The molecule has 1 saturated heterocycles. The van der Waals surface area contributed by atoms with Crippen LogP contribution >= 0.6 is 0 Å². The zero-order valence-corrected chi connectivity index (χ0v) is 19.9. The Morgan fingerprint density at radius 1 is 1.05 bits per heavy atom. The van der Waals surface area contributed by atoms with Gasteiger partial charge in [-0.25, -0.2) is 27.2 Å². The summed E-state index contributed by atoms with van der Waals surface area (Å²) in [7, 11) is 0. The first-order chi connectivity index (χ1) is 18.1. The highest BCUT2D eigenvalue weighted by molar-refractivity contribution is 5.77. The van der Waals surface area contributed by atoms with Gasteiger partial charge in [0, 0.05) is 13.1 Å². The van der Waals surface area contributed by atoms with Crippen LogP contribution in [0.25, 0.3) is 16.7 Å². The lowest BCUT2D eigenvalue weighted by Crippen LogP contribution is -2.50. The van der Waals surface area contributed by atoms with Crippen LogP contribution < -0.4 is 5.56 Å². The van der Waals surface area contributed by atoms with E-state index in [1.54, 1.807) is 0 Å². The number of fused-ring (bicyclic) bond motifs is 1. The highest BCUT2D eigenvalue weighted by atomic mass is 19.3. The van der Waals surface area contributed by atoms with Crippen molar-refractivity contribution in [3.8, 4) is 5.69 Å². The van der Waals surface area contributed by atoms with E-state index in [0.717, 1.165) is 17.1 Å². The Balaban J connectivity index is 1.25. The Morgan fingerprint density at radius 3 is 2.39 bits per heavy atom. The maximum atomic E-state index is 13.5. The molecule has 4 aromatic rings. The maximum Gasteiger partial charge on any atom is 0.264 e. The van der Waals surface area contributed by atoms with Gasteiger partial charge < -0.3 is 10.0 Å². The number of aliphatic hydroxyl groups is 1. The quantitative estimate of drug-likeness (QED) is 0.365. The lowest BCUT2D eigenvalue weighted by Gasteiger charge is -2.38. The smallest absolute Gasteiger partial charge is 0.264 e. The summed E-state index contributed by atoms with van der Waals surface area (Å²) in [6, 6.07) is 3.93. The van der Waals surface area contributed by atoms with Crippen LogP contribution in [0.1, 0.15) is 25.3 Å². The van der Waals surface area contributed by atoms with Gasteiger partial charge in [-0.15, -0.1) is 0 Å². The molecule has 1 fully saturated rings. The highest BCUT2D eigenvalue weighted by Crippen LogP contribution is 2.27. The Morgan fingerprint density at radius 2 is 1.76 bits per heavy atom. The van der Waals surface area contributed by atoms with Crippen molar-refractivity contribution in [1.29, 1.82) is 0 Å². The molecule has 5 rings (SSSR count). The van der Waals surface area contributed by atoms with Gasteiger partial charge in [0.15, 0.2) is 11.5 Å². The predicted molar refractivity (Wildman–Crippen MR) is 126 cm³/mol. The van der Waals surface area contributed by atoms with E-state index >= 15 is 0 Å². The van der Waals surface area contributed by atoms with Crippen LogP contribution in [-0.2, 0) is 11.3 Å². The monoisotopic (exact) mass is 533 g/mol. The molecule has 0 saturated carbocycles. The van der Waals surface area contributed by atoms with Gasteiger partial charge in [0.2, 0.25) is 5.91 Å². The molecule has 0 unspecified atom stereocenters. The van der Waals surface area contributed by atoms with E-state index in [1.165, 1.54) is 50.9 Å². The number of benzene rings is 1. The number of likely N-dealkylation sites (tertiary alicyclic amines) is 1. The van der Waals surface area contributed by atoms with Gasteiger partial charge in [-0.3, -0.25) is 18.8 Å². The first kappa shape index (κ1) is 25.6. The summed E-state index contributed by atoms with van der Waals surface area (Å²) in [5, 5.41) is 19.1. The topological polar surface area (TPSA) is 111 Å². The molecule has 10 nitrogen and oxygen atoms in total. The van der Waals surface area contributed by atoms with Crippen LogP contribution in [0, 0.1) is 11.6 Å². The molecule has 1 aliphatic rings. The van der Waals surface area contributed by atoms with Gasteiger partial charge in [-0.2, -0.15) is 10.2 Å². The lowest BCUT2D eigenvalue weighted by atomic mass is 9.91. The number of piperidine rings is 1. The molecule has 1 amide bonds. The summed E-state index contributed by atoms with van der Waals surface area (Å²) in [5.74, 6) is -1.76. The van der Waals surface area contributed by atoms with E-state index in [-0.39, 0.29) is 43.5 Å². The number of hydrogen-bond donors (Lipinski definition) is 1. The standard InChI is InChI=1S/C24H23F4N7O3/c25-15-1-3-17(4-2-15)35-22-18(11-31-35)23(37)33(14-29-22)13-24(38)5-7-32(8-6-24)20(36)9-19(21(27)28)34-12-16(26)10-30-34/h1-4,10-12,14,19,21,38H,5-9,13H2/t19-/m0/s1. The van der Waals surface area contributed by atoms with Gasteiger partial charge >= 0.3 is 0 Å². The second kappa shape index (κ2) is 10.0. The van der Waals surface area contributed by atoms with Crippen LogP contribution in [0.2, 0.25) is 0 Å². The SMILES string of the molecule is O=C(C[C@@H](C(F)F)n1cc(F)cn1)N1CCC(O)(Cn2cnc3c(cnn3-c3ccc(F)cc3)c2=O)CC1. The van der Waals surface area contributed by atoms with Gasteiger partial charge in [-0.1, -0.05) is 0 Å². The number of amides is 1. The summed E-state index contributed by atoms with van der Waals surface area (Å²) in [6.07, 6.45) is 0.950. The van der Waals surface area contributed by atoms with Crippen molar-refractivity contribution in [2.45, 2.75) is 43.9 Å². The number of alkyl halides is 2. The largest absolute Gasteiger partial charge is 0.388 e. The molecule has 0 spiro atoms. The fourth-order valence-electron chi connectivity index (χ4n) is 4.58. The van der Waals surface area contributed by atoms with Gasteiger partial charge in [0.05, 0.1) is 42.8 Å². The number of nitrogens with zero attached hydrogens (tertiary/aromatic N) is 7. The molecular weight excluding hydrogens is 510 g/mol. The Hall–Kier alpha value is -4.07. The summed E-state index contributed by atoms with van der Waals surface area (Å²) in [6.45, 7) is 0.0854. The number of hydrogen-bond acceptors (Lipinski definition) is 6. The normalized spacial score (nSPS) is 16.3. The minimum Gasteiger partial charge on any atom is -0.388 e. The minimum atomic E-state index is -2.93. The van der Waals surface area contributed by atoms with Gasteiger partial charge in [0.1, 0.15) is 23.6 Å². The predicted octanol–water partition coefficient (Wildman–Crippen LogP) is 2.31. The number of rotatable bonds is 7. The second-order valence-electron chi connectivity index (χ2n) is 9.30. The molecule has 200 valence electrons. The second-order valence-corrected chi connectivity index (χ2v) is 9.30. The zero-order chi connectivity index (χ0) is 27.0. The van der Waals surface area contributed by atoms with Crippen molar-refractivity contribution >= 4 is 16.9 Å². The lowest BCUT2D eigenvalue weighted by molar-refractivity contribution is -0.138. The third kappa shape index (κ3) is 5.03. The molecule has 1 aromatic carbocycles. The molecule has 38 heavy (non-hydrogen) atoms. The summed E-state index contributed by atoms with van der Waals surface area (Å²) >= 11 is 0. The van der Waals surface area contributed by atoms with E-state index in [1.807, 2.05) is 0 Å². The molecule has 0 bridgehead atoms. The Bertz CT molecular complexity index is 1510. The van der Waals surface area contributed by atoms with E-state index in [2.05, 4.69) is 15.2 Å². The van der Waals surface area contributed by atoms with Crippen molar-refractivity contribution in [3.63, 3.8) is 0 Å². The van der Waals surface area contributed by atoms with Crippen LogP contribution in [-0.4, -0.2) is 70.1 Å². The van der Waals surface area contributed by atoms with Gasteiger partial charge in [-0.05, 0) is 37.1 Å². The van der Waals surface area contributed by atoms with Crippen LogP contribution in [0.15, 0.2) is 54.0 Å². The molecular formula is C24H23F4N7O3. The number of aromatic nitrogens is 6. The molecule has 0 aliphatic carbocycles. The van der Waals surface area contributed by atoms with E-state index < -0.39 is 47.6 Å². The van der Waals surface area contributed by atoms with E-state index in [9.17, 15) is 32.3 Å². The van der Waals surface area contributed by atoms with Crippen molar-refractivity contribution < 1.29 is 27.5 Å². The molecule has 0 radical (unpaired) electrons. The Labute approximate surface area is 212 Å². The Kier molecular flexibility index (Phi) is 6.73. The summed E-state index contributed by atoms with van der Waals surface area (Å²) < 4.78 is 56.9. The molecule has 4 heterocycles. The van der Waals surface area contributed by atoms with Crippen molar-refractivity contribution in [1.82, 2.24) is 34.0 Å². The maximum absolute atomic E-state index is 13.5.